The molecule has 2 atom stereocenters. The first-order valence-corrected chi connectivity index (χ1v) is 12.4. The van der Waals surface area contributed by atoms with E-state index in [0.717, 1.165) is 21.0 Å². The number of hydrogen-bond acceptors (Lipinski definition) is 10. The van der Waals surface area contributed by atoms with Crippen LogP contribution in [-0.2, 0) is 27.1 Å². The SMILES string of the molecule is COC(=O)CCc1cnc(C[C@@H]2O[C@@H](c3cccc(OC)c3OC)c3cc(Cl)ccc3N=C2NN)s1. The lowest BCUT2D eigenvalue weighted by molar-refractivity contribution is -0.140. The number of ether oxygens (including phenoxy) is 4. The Morgan fingerprint density at radius 2 is 2.03 bits per heavy atom. The number of nitrogens with zero attached hydrogens (tertiary/aromatic N) is 2. The van der Waals surface area contributed by atoms with Crippen molar-refractivity contribution in [2.75, 3.05) is 21.3 Å². The Labute approximate surface area is 218 Å². The molecule has 1 aromatic heterocycles. The average molecular weight is 531 g/mol. The molecule has 3 aromatic rings. The second kappa shape index (κ2) is 11.7. The lowest BCUT2D eigenvalue weighted by atomic mass is 9.98. The average Bonchev–Trinajstić information content (AvgIpc) is 3.29. The zero-order valence-corrected chi connectivity index (χ0v) is 21.7. The van der Waals surface area contributed by atoms with Gasteiger partial charge in [-0.1, -0.05) is 23.7 Å². The highest BCUT2D eigenvalue weighted by Gasteiger charge is 2.33. The molecule has 0 unspecified atom stereocenters. The number of thiazole rings is 1. The van der Waals surface area contributed by atoms with E-state index in [2.05, 4.69) is 10.4 Å². The molecule has 0 spiro atoms. The Kier molecular flexibility index (Phi) is 8.42. The number of esters is 1. The number of benzene rings is 2. The summed E-state index contributed by atoms with van der Waals surface area (Å²) >= 11 is 7.88. The maximum absolute atomic E-state index is 11.5. The number of para-hydroxylation sites is 1. The van der Waals surface area contributed by atoms with E-state index in [4.69, 9.17) is 41.4 Å². The van der Waals surface area contributed by atoms with Gasteiger partial charge in [-0.2, -0.15) is 0 Å². The summed E-state index contributed by atoms with van der Waals surface area (Å²) in [5.41, 5.74) is 4.90. The maximum Gasteiger partial charge on any atom is 0.305 e. The van der Waals surface area contributed by atoms with Gasteiger partial charge in [-0.3, -0.25) is 4.79 Å². The Hall–Kier alpha value is -3.18. The Morgan fingerprint density at radius 3 is 2.75 bits per heavy atom. The smallest absolute Gasteiger partial charge is 0.305 e. The first-order valence-electron chi connectivity index (χ1n) is 11.2. The van der Waals surface area contributed by atoms with Crippen LogP contribution in [0, 0.1) is 0 Å². The predicted molar refractivity (Wildman–Crippen MR) is 138 cm³/mol. The highest BCUT2D eigenvalue weighted by atomic mass is 35.5. The number of rotatable bonds is 8. The fraction of sp³-hybridized carbons (Fsp3) is 0.320. The van der Waals surface area contributed by atoms with Crippen molar-refractivity contribution in [3.63, 3.8) is 0 Å². The Morgan fingerprint density at radius 1 is 1.19 bits per heavy atom. The van der Waals surface area contributed by atoms with Crippen LogP contribution in [0.15, 0.2) is 47.6 Å². The minimum atomic E-state index is -0.581. The van der Waals surface area contributed by atoms with Gasteiger partial charge in [-0.25, -0.2) is 15.8 Å². The number of carbonyl (C=O) groups excluding carboxylic acids is 1. The number of hydrogen-bond donors (Lipinski definition) is 2. The molecule has 0 aliphatic carbocycles. The number of fused-ring (bicyclic) bond motifs is 1. The summed E-state index contributed by atoms with van der Waals surface area (Å²) in [6.45, 7) is 0. The Bertz CT molecular complexity index is 1260. The number of nitrogens with two attached hydrogens (primary N) is 1. The number of nitrogens with one attached hydrogen (secondary N) is 1. The molecule has 2 heterocycles. The summed E-state index contributed by atoms with van der Waals surface area (Å²) in [6, 6.07) is 11.0. The molecule has 3 N–H and O–H groups in total. The van der Waals surface area contributed by atoms with E-state index >= 15 is 0 Å². The minimum Gasteiger partial charge on any atom is -0.493 e. The van der Waals surface area contributed by atoms with Gasteiger partial charge >= 0.3 is 5.97 Å². The number of aryl methyl sites for hydroxylation is 1. The zero-order chi connectivity index (χ0) is 25.7. The Balaban J connectivity index is 1.71. The zero-order valence-electron chi connectivity index (χ0n) is 20.1. The van der Waals surface area contributed by atoms with E-state index in [-0.39, 0.29) is 5.97 Å². The summed E-state index contributed by atoms with van der Waals surface area (Å²) < 4.78 is 22.6. The third-order valence-corrected chi connectivity index (χ3v) is 7.06. The van der Waals surface area contributed by atoms with Crippen LogP contribution in [0.1, 0.15) is 33.5 Å². The van der Waals surface area contributed by atoms with Crippen molar-refractivity contribution < 1.29 is 23.7 Å². The monoisotopic (exact) mass is 530 g/mol. The van der Waals surface area contributed by atoms with Crippen LogP contribution in [0.3, 0.4) is 0 Å². The van der Waals surface area contributed by atoms with Gasteiger partial charge in [0.2, 0.25) is 0 Å². The number of aliphatic imine (C=N–C) groups is 1. The second-order valence-electron chi connectivity index (χ2n) is 7.93. The summed E-state index contributed by atoms with van der Waals surface area (Å²) in [6.07, 6.45) is 1.89. The molecule has 4 rings (SSSR count). The minimum absolute atomic E-state index is 0.259. The number of methoxy groups -OCH3 is 3. The van der Waals surface area contributed by atoms with E-state index in [1.807, 2.05) is 30.3 Å². The molecule has 9 nitrogen and oxygen atoms in total. The van der Waals surface area contributed by atoms with Crippen molar-refractivity contribution in [2.45, 2.75) is 31.5 Å². The van der Waals surface area contributed by atoms with Crippen LogP contribution in [0.5, 0.6) is 11.5 Å². The molecule has 1 aliphatic rings. The molecule has 1 aliphatic heterocycles. The van der Waals surface area contributed by atoms with Crippen LogP contribution >= 0.6 is 22.9 Å². The van der Waals surface area contributed by atoms with Crippen molar-refractivity contribution in [2.24, 2.45) is 10.8 Å². The van der Waals surface area contributed by atoms with Gasteiger partial charge in [0.25, 0.3) is 0 Å². The van der Waals surface area contributed by atoms with Gasteiger partial charge in [0.05, 0.1) is 38.4 Å². The van der Waals surface area contributed by atoms with Gasteiger partial charge < -0.3 is 24.4 Å². The summed E-state index contributed by atoms with van der Waals surface area (Å²) in [5, 5.41) is 1.37. The van der Waals surface area contributed by atoms with Gasteiger partial charge in [-0.15, -0.1) is 11.3 Å². The van der Waals surface area contributed by atoms with Crippen molar-refractivity contribution in [1.29, 1.82) is 0 Å². The molecular weight excluding hydrogens is 504 g/mol. The molecule has 0 saturated heterocycles. The van der Waals surface area contributed by atoms with Crippen molar-refractivity contribution in [1.82, 2.24) is 10.4 Å². The van der Waals surface area contributed by atoms with Crippen LogP contribution < -0.4 is 20.7 Å². The second-order valence-corrected chi connectivity index (χ2v) is 9.57. The molecule has 2 aromatic carbocycles. The van der Waals surface area contributed by atoms with Gasteiger partial charge in [0.1, 0.15) is 18.0 Å². The highest BCUT2D eigenvalue weighted by Crippen LogP contribution is 2.44. The topological polar surface area (TPSA) is 117 Å². The summed E-state index contributed by atoms with van der Waals surface area (Å²) in [7, 11) is 4.55. The normalized spacial score (nSPS) is 17.0. The lowest BCUT2D eigenvalue weighted by Gasteiger charge is -2.25. The third kappa shape index (κ3) is 5.62. The standard InChI is InChI=1S/C25H27ClN4O5S/c1-32-19-6-4-5-16(24(19)34-3)23-17-11-14(26)7-9-18(17)29-25(30-27)20(35-23)12-21-28-13-15(36-21)8-10-22(31)33-2/h4-7,9,11,13,20,23H,8,10,12,27H2,1-3H3,(H,29,30)/t20-,23-/m0/s1. The first-order chi connectivity index (χ1) is 17.5. The third-order valence-electron chi connectivity index (χ3n) is 5.75. The molecule has 0 fully saturated rings. The van der Waals surface area contributed by atoms with Crippen molar-refractivity contribution in [3.8, 4) is 11.5 Å². The molecule has 0 radical (unpaired) electrons. The number of carbonyl (C=O) groups is 1. The van der Waals surface area contributed by atoms with Crippen LogP contribution in [0.4, 0.5) is 5.69 Å². The molecule has 0 amide bonds. The van der Waals surface area contributed by atoms with Crippen molar-refractivity contribution >= 4 is 40.4 Å². The van der Waals surface area contributed by atoms with E-state index in [9.17, 15) is 4.79 Å². The van der Waals surface area contributed by atoms with Gasteiger partial charge in [0, 0.05) is 33.6 Å². The molecule has 0 bridgehead atoms. The molecule has 36 heavy (non-hydrogen) atoms. The van der Waals surface area contributed by atoms with E-state index in [1.165, 1.54) is 18.4 Å². The van der Waals surface area contributed by atoms with Crippen LogP contribution in [0.25, 0.3) is 0 Å². The van der Waals surface area contributed by atoms with Gasteiger partial charge in [-0.05, 0) is 30.7 Å². The van der Waals surface area contributed by atoms with E-state index in [1.54, 1.807) is 26.5 Å². The van der Waals surface area contributed by atoms with Crippen LogP contribution in [0.2, 0.25) is 5.02 Å². The fourth-order valence-corrected chi connectivity index (χ4v) is 5.15. The predicted octanol–water partition coefficient (Wildman–Crippen LogP) is 4.14. The summed E-state index contributed by atoms with van der Waals surface area (Å²) in [4.78, 5) is 21.8. The quantitative estimate of drug-likeness (QED) is 0.253. The summed E-state index contributed by atoms with van der Waals surface area (Å²) in [5.74, 6) is 7.22. The maximum atomic E-state index is 11.5. The lowest BCUT2D eigenvalue weighted by Crippen LogP contribution is -2.41. The number of aromatic nitrogens is 1. The number of amidine groups is 1. The van der Waals surface area contributed by atoms with Crippen molar-refractivity contribution in [3.05, 3.63) is 68.6 Å². The van der Waals surface area contributed by atoms with E-state index < -0.39 is 12.2 Å². The molecule has 11 heteroatoms. The first kappa shape index (κ1) is 25.9. The fourth-order valence-electron chi connectivity index (χ4n) is 4.01. The number of halogens is 1. The van der Waals surface area contributed by atoms with E-state index in [0.29, 0.717) is 47.3 Å². The molecular formula is C25H27ClN4O5S. The largest absolute Gasteiger partial charge is 0.493 e. The van der Waals surface area contributed by atoms with Gasteiger partial charge in [0.15, 0.2) is 11.5 Å². The molecule has 0 saturated carbocycles. The number of hydrazine groups is 1. The highest BCUT2D eigenvalue weighted by molar-refractivity contribution is 7.11. The molecule has 190 valence electrons. The van der Waals surface area contributed by atoms with Crippen LogP contribution in [-0.4, -0.2) is 44.2 Å².